The Hall–Kier alpha value is -0.890. The predicted molar refractivity (Wildman–Crippen MR) is 80.8 cm³/mol. The van der Waals surface area contributed by atoms with Gasteiger partial charge in [-0.15, -0.1) is 0 Å². The van der Waals surface area contributed by atoms with Crippen molar-refractivity contribution in [3.8, 4) is 0 Å². The molecule has 0 radical (unpaired) electrons. The molecule has 0 fully saturated rings. The molecular weight excluding hydrogens is 237 g/mol. The van der Waals surface area contributed by atoms with Crippen LogP contribution < -0.4 is 5.32 Å². The smallest absolute Gasteiger partial charge is 0.123 e. The third-order valence-corrected chi connectivity index (χ3v) is 3.92. The standard InChI is InChI=1S/C17H28FN/c1-4-14(5-2)10-16(13-19-6-3)11-15-8-7-9-17(18)12-15/h7-9,12,14,16,19H,4-6,10-11,13H2,1-3H3. The summed E-state index contributed by atoms with van der Waals surface area (Å²) in [4.78, 5) is 0. The summed E-state index contributed by atoms with van der Waals surface area (Å²) in [6.07, 6.45) is 4.68. The fourth-order valence-corrected chi connectivity index (χ4v) is 2.68. The van der Waals surface area contributed by atoms with Crippen molar-refractivity contribution in [2.75, 3.05) is 13.1 Å². The highest BCUT2D eigenvalue weighted by molar-refractivity contribution is 5.16. The molecular formula is C17H28FN. The van der Waals surface area contributed by atoms with Gasteiger partial charge in [-0.1, -0.05) is 45.7 Å². The minimum atomic E-state index is -0.123. The maximum Gasteiger partial charge on any atom is 0.123 e. The van der Waals surface area contributed by atoms with Crippen LogP contribution in [0.25, 0.3) is 0 Å². The van der Waals surface area contributed by atoms with Gasteiger partial charge in [-0.05, 0) is 55.5 Å². The SMILES string of the molecule is CCNCC(Cc1cccc(F)c1)CC(CC)CC. The van der Waals surface area contributed by atoms with E-state index in [0.717, 1.165) is 31.0 Å². The molecule has 2 heteroatoms. The fourth-order valence-electron chi connectivity index (χ4n) is 2.68. The molecule has 1 aromatic rings. The Morgan fingerprint density at radius 3 is 2.42 bits per heavy atom. The average Bonchev–Trinajstić information content (AvgIpc) is 2.41. The Kier molecular flexibility index (Phi) is 7.73. The molecule has 0 saturated carbocycles. The van der Waals surface area contributed by atoms with Gasteiger partial charge >= 0.3 is 0 Å². The van der Waals surface area contributed by atoms with E-state index in [4.69, 9.17) is 0 Å². The molecule has 0 aliphatic carbocycles. The Morgan fingerprint density at radius 1 is 1.11 bits per heavy atom. The largest absolute Gasteiger partial charge is 0.317 e. The summed E-state index contributed by atoms with van der Waals surface area (Å²) in [6, 6.07) is 7.04. The highest BCUT2D eigenvalue weighted by Crippen LogP contribution is 2.22. The van der Waals surface area contributed by atoms with Gasteiger partial charge in [0, 0.05) is 0 Å². The van der Waals surface area contributed by atoms with Gasteiger partial charge in [0.1, 0.15) is 5.82 Å². The molecule has 0 aliphatic heterocycles. The Balaban J connectivity index is 2.62. The van der Waals surface area contributed by atoms with E-state index in [0.29, 0.717) is 5.92 Å². The highest BCUT2D eigenvalue weighted by Gasteiger charge is 2.14. The predicted octanol–water partition coefficient (Wildman–Crippen LogP) is 4.42. The van der Waals surface area contributed by atoms with Crippen LogP contribution in [-0.4, -0.2) is 13.1 Å². The maximum absolute atomic E-state index is 13.2. The minimum Gasteiger partial charge on any atom is -0.317 e. The van der Waals surface area contributed by atoms with Crippen LogP contribution in [0.15, 0.2) is 24.3 Å². The van der Waals surface area contributed by atoms with Crippen molar-refractivity contribution >= 4 is 0 Å². The first-order valence-corrected chi connectivity index (χ1v) is 7.64. The summed E-state index contributed by atoms with van der Waals surface area (Å²) >= 11 is 0. The average molecular weight is 265 g/mol. The van der Waals surface area contributed by atoms with Crippen LogP contribution in [0.4, 0.5) is 4.39 Å². The first kappa shape index (κ1) is 16.2. The number of halogens is 1. The number of hydrogen-bond acceptors (Lipinski definition) is 1. The molecule has 19 heavy (non-hydrogen) atoms. The summed E-state index contributed by atoms with van der Waals surface area (Å²) in [5.74, 6) is 1.27. The van der Waals surface area contributed by atoms with Gasteiger partial charge in [-0.25, -0.2) is 4.39 Å². The van der Waals surface area contributed by atoms with E-state index < -0.39 is 0 Å². The minimum absolute atomic E-state index is 0.123. The number of hydrogen-bond donors (Lipinski definition) is 1. The first-order chi connectivity index (χ1) is 9.19. The fraction of sp³-hybridized carbons (Fsp3) is 0.647. The van der Waals surface area contributed by atoms with Crippen molar-refractivity contribution in [1.82, 2.24) is 5.32 Å². The molecule has 0 aromatic heterocycles. The van der Waals surface area contributed by atoms with Gasteiger partial charge in [-0.2, -0.15) is 0 Å². The van der Waals surface area contributed by atoms with E-state index in [-0.39, 0.29) is 5.82 Å². The molecule has 0 amide bonds. The molecule has 0 spiro atoms. The van der Waals surface area contributed by atoms with Crippen molar-refractivity contribution < 1.29 is 4.39 Å². The van der Waals surface area contributed by atoms with Gasteiger partial charge in [0.05, 0.1) is 0 Å². The third-order valence-electron chi connectivity index (χ3n) is 3.92. The second kappa shape index (κ2) is 9.08. The maximum atomic E-state index is 13.2. The van der Waals surface area contributed by atoms with E-state index in [9.17, 15) is 4.39 Å². The molecule has 0 aliphatic rings. The number of rotatable bonds is 9. The van der Waals surface area contributed by atoms with Gasteiger partial charge < -0.3 is 5.32 Å². The molecule has 1 atom stereocenters. The quantitative estimate of drug-likeness (QED) is 0.697. The summed E-state index contributed by atoms with van der Waals surface area (Å²) in [5.41, 5.74) is 1.12. The summed E-state index contributed by atoms with van der Waals surface area (Å²) in [5, 5.41) is 3.44. The lowest BCUT2D eigenvalue weighted by molar-refractivity contribution is 0.340. The topological polar surface area (TPSA) is 12.0 Å². The molecule has 1 aromatic carbocycles. The van der Waals surface area contributed by atoms with Crippen molar-refractivity contribution in [3.63, 3.8) is 0 Å². The van der Waals surface area contributed by atoms with E-state index >= 15 is 0 Å². The van der Waals surface area contributed by atoms with Crippen LogP contribution in [0.1, 0.15) is 45.6 Å². The molecule has 1 N–H and O–H groups in total. The molecule has 0 heterocycles. The highest BCUT2D eigenvalue weighted by atomic mass is 19.1. The monoisotopic (exact) mass is 265 g/mol. The molecule has 108 valence electrons. The lowest BCUT2D eigenvalue weighted by atomic mass is 9.86. The van der Waals surface area contributed by atoms with Crippen LogP contribution in [0.2, 0.25) is 0 Å². The Labute approximate surface area is 117 Å². The second-order valence-corrected chi connectivity index (χ2v) is 5.43. The molecule has 1 nitrogen and oxygen atoms in total. The summed E-state index contributed by atoms with van der Waals surface area (Å²) in [7, 11) is 0. The Morgan fingerprint density at radius 2 is 1.84 bits per heavy atom. The summed E-state index contributed by atoms with van der Waals surface area (Å²) in [6.45, 7) is 8.70. The van der Waals surface area contributed by atoms with Crippen LogP contribution in [-0.2, 0) is 6.42 Å². The van der Waals surface area contributed by atoms with Crippen LogP contribution >= 0.6 is 0 Å². The lowest BCUT2D eigenvalue weighted by Crippen LogP contribution is -2.26. The van der Waals surface area contributed by atoms with Gasteiger partial charge in [0.25, 0.3) is 0 Å². The van der Waals surface area contributed by atoms with Crippen LogP contribution in [0.3, 0.4) is 0 Å². The van der Waals surface area contributed by atoms with Gasteiger partial charge in [0.15, 0.2) is 0 Å². The van der Waals surface area contributed by atoms with Crippen molar-refractivity contribution in [3.05, 3.63) is 35.6 Å². The van der Waals surface area contributed by atoms with Crippen molar-refractivity contribution in [2.24, 2.45) is 11.8 Å². The molecule has 0 bridgehead atoms. The van der Waals surface area contributed by atoms with Gasteiger partial charge in [-0.3, -0.25) is 0 Å². The van der Waals surface area contributed by atoms with E-state index in [1.807, 2.05) is 12.1 Å². The van der Waals surface area contributed by atoms with Gasteiger partial charge in [0.2, 0.25) is 0 Å². The Bertz CT molecular complexity index is 347. The van der Waals surface area contributed by atoms with Crippen LogP contribution in [0, 0.1) is 17.7 Å². The molecule has 0 saturated heterocycles. The number of benzene rings is 1. The summed E-state index contributed by atoms with van der Waals surface area (Å²) < 4.78 is 13.2. The zero-order chi connectivity index (χ0) is 14.1. The zero-order valence-electron chi connectivity index (χ0n) is 12.6. The first-order valence-electron chi connectivity index (χ1n) is 7.64. The zero-order valence-corrected chi connectivity index (χ0v) is 12.6. The second-order valence-electron chi connectivity index (χ2n) is 5.43. The normalized spacial score (nSPS) is 12.9. The number of nitrogens with one attached hydrogen (secondary N) is 1. The van der Waals surface area contributed by atoms with E-state index in [1.165, 1.54) is 25.3 Å². The third kappa shape index (κ3) is 6.20. The molecule has 1 unspecified atom stereocenters. The van der Waals surface area contributed by atoms with E-state index in [2.05, 4.69) is 26.1 Å². The van der Waals surface area contributed by atoms with Crippen molar-refractivity contribution in [2.45, 2.75) is 46.5 Å². The van der Waals surface area contributed by atoms with Crippen molar-refractivity contribution in [1.29, 1.82) is 0 Å². The van der Waals surface area contributed by atoms with Crippen LogP contribution in [0.5, 0.6) is 0 Å². The lowest BCUT2D eigenvalue weighted by Gasteiger charge is -2.22. The molecule has 1 rings (SSSR count). The van der Waals surface area contributed by atoms with E-state index in [1.54, 1.807) is 6.07 Å².